The van der Waals surface area contributed by atoms with Crippen molar-refractivity contribution >= 4 is 10.0 Å². The van der Waals surface area contributed by atoms with E-state index in [0.717, 1.165) is 12.8 Å². The average molecular weight is 308 g/mol. The number of hydrogen-bond donors (Lipinski definition) is 0. The molecule has 0 aromatic heterocycles. The van der Waals surface area contributed by atoms with Gasteiger partial charge in [0.05, 0.1) is 17.4 Å². The third-order valence-electron chi connectivity index (χ3n) is 3.76. The highest BCUT2D eigenvalue weighted by molar-refractivity contribution is 7.88. The summed E-state index contributed by atoms with van der Waals surface area (Å²) in [6.07, 6.45) is 1.83. The molecule has 6 heteroatoms. The molecule has 0 unspecified atom stereocenters. The standard InChI is InChI=1S/C15H20N2O3S/c1-17(11-14-6-8-20-9-7-14)21(18,19)12-15-4-2-13(10-16)3-5-15/h2-5,14H,6-9,11-12H2,1H3. The van der Waals surface area contributed by atoms with E-state index >= 15 is 0 Å². The normalized spacial score (nSPS) is 16.8. The van der Waals surface area contributed by atoms with Crippen molar-refractivity contribution in [2.45, 2.75) is 18.6 Å². The molecule has 0 saturated carbocycles. The summed E-state index contributed by atoms with van der Waals surface area (Å²) in [4.78, 5) is 0. The maximum atomic E-state index is 12.4. The van der Waals surface area contributed by atoms with Gasteiger partial charge in [0.1, 0.15) is 0 Å². The SMILES string of the molecule is CN(CC1CCOCC1)S(=O)(=O)Cc1ccc(C#N)cc1. The predicted molar refractivity (Wildman–Crippen MR) is 80.0 cm³/mol. The third kappa shape index (κ3) is 4.53. The second-order valence-corrected chi connectivity index (χ2v) is 7.48. The first-order chi connectivity index (χ1) is 10.0. The second kappa shape index (κ2) is 7.03. The largest absolute Gasteiger partial charge is 0.381 e. The molecule has 1 aliphatic heterocycles. The van der Waals surface area contributed by atoms with E-state index in [4.69, 9.17) is 10.00 Å². The number of sulfonamides is 1. The van der Waals surface area contributed by atoms with E-state index in [1.165, 1.54) is 4.31 Å². The summed E-state index contributed by atoms with van der Waals surface area (Å²) >= 11 is 0. The quantitative estimate of drug-likeness (QED) is 0.831. The molecule has 0 bridgehead atoms. The Kier molecular flexibility index (Phi) is 5.34. The van der Waals surface area contributed by atoms with Gasteiger partial charge in [0.15, 0.2) is 0 Å². The van der Waals surface area contributed by atoms with Crippen molar-refractivity contribution in [1.82, 2.24) is 4.31 Å². The van der Waals surface area contributed by atoms with Gasteiger partial charge in [-0.3, -0.25) is 0 Å². The molecular formula is C15H20N2O3S. The molecule has 1 heterocycles. The summed E-state index contributed by atoms with van der Waals surface area (Å²) in [5.74, 6) is 0.345. The molecule has 0 amide bonds. The monoisotopic (exact) mass is 308 g/mol. The van der Waals surface area contributed by atoms with Gasteiger partial charge in [-0.15, -0.1) is 0 Å². The van der Waals surface area contributed by atoms with Gasteiger partial charge in [-0.1, -0.05) is 12.1 Å². The Hall–Kier alpha value is -1.42. The van der Waals surface area contributed by atoms with Crippen molar-refractivity contribution in [3.05, 3.63) is 35.4 Å². The number of benzene rings is 1. The van der Waals surface area contributed by atoms with E-state index < -0.39 is 10.0 Å². The zero-order valence-corrected chi connectivity index (χ0v) is 13.0. The molecule has 1 aromatic carbocycles. The van der Waals surface area contributed by atoms with Gasteiger partial charge < -0.3 is 4.74 Å². The van der Waals surface area contributed by atoms with Crippen LogP contribution < -0.4 is 0 Å². The van der Waals surface area contributed by atoms with E-state index in [9.17, 15) is 8.42 Å². The van der Waals surface area contributed by atoms with Crippen LogP contribution in [0.1, 0.15) is 24.0 Å². The molecule has 1 saturated heterocycles. The first-order valence-corrected chi connectivity index (χ1v) is 8.63. The fourth-order valence-electron chi connectivity index (χ4n) is 2.40. The smallest absolute Gasteiger partial charge is 0.218 e. The molecule has 2 rings (SSSR count). The lowest BCUT2D eigenvalue weighted by atomic mass is 10.0. The molecule has 114 valence electrons. The topological polar surface area (TPSA) is 70.4 Å². The first-order valence-electron chi connectivity index (χ1n) is 7.02. The van der Waals surface area contributed by atoms with Crippen LogP contribution in [0.4, 0.5) is 0 Å². The number of rotatable bonds is 5. The summed E-state index contributed by atoms with van der Waals surface area (Å²) in [6, 6.07) is 8.69. The highest BCUT2D eigenvalue weighted by Crippen LogP contribution is 2.18. The van der Waals surface area contributed by atoms with Gasteiger partial charge in [-0.2, -0.15) is 5.26 Å². The maximum absolute atomic E-state index is 12.4. The van der Waals surface area contributed by atoms with Crippen molar-refractivity contribution in [1.29, 1.82) is 5.26 Å². The van der Waals surface area contributed by atoms with Crippen molar-refractivity contribution < 1.29 is 13.2 Å². The summed E-state index contributed by atoms with van der Waals surface area (Å²) in [6.45, 7) is 1.98. The predicted octanol–water partition coefficient (Wildman–Crippen LogP) is 1.75. The number of ether oxygens (including phenoxy) is 1. The fraction of sp³-hybridized carbons (Fsp3) is 0.533. The van der Waals surface area contributed by atoms with E-state index in [-0.39, 0.29) is 5.75 Å². The zero-order valence-electron chi connectivity index (χ0n) is 12.2. The minimum Gasteiger partial charge on any atom is -0.381 e. The van der Waals surface area contributed by atoms with Crippen LogP contribution in [-0.2, 0) is 20.5 Å². The highest BCUT2D eigenvalue weighted by atomic mass is 32.2. The van der Waals surface area contributed by atoms with Crippen LogP contribution in [0.25, 0.3) is 0 Å². The number of nitriles is 1. The van der Waals surface area contributed by atoms with Crippen LogP contribution in [0.5, 0.6) is 0 Å². The van der Waals surface area contributed by atoms with Crippen molar-refractivity contribution in [2.24, 2.45) is 5.92 Å². The van der Waals surface area contributed by atoms with Gasteiger partial charge in [0, 0.05) is 26.8 Å². The molecule has 1 aliphatic rings. The molecule has 0 N–H and O–H groups in total. The Bertz CT molecular complexity index is 599. The lowest BCUT2D eigenvalue weighted by molar-refractivity contribution is 0.0620. The Morgan fingerprint density at radius 3 is 2.48 bits per heavy atom. The summed E-state index contributed by atoms with van der Waals surface area (Å²) < 4.78 is 31.5. The number of hydrogen-bond acceptors (Lipinski definition) is 4. The molecule has 1 aromatic rings. The maximum Gasteiger partial charge on any atom is 0.218 e. The molecule has 1 fully saturated rings. The van der Waals surface area contributed by atoms with Crippen molar-refractivity contribution in [3.63, 3.8) is 0 Å². The van der Waals surface area contributed by atoms with Gasteiger partial charge in [0.25, 0.3) is 0 Å². The first kappa shape index (κ1) is 16.0. The van der Waals surface area contributed by atoms with E-state index in [1.54, 1.807) is 31.3 Å². The van der Waals surface area contributed by atoms with E-state index in [1.807, 2.05) is 6.07 Å². The number of nitrogens with zero attached hydrogens (tertiary/aromatic N) is 2. The fourth-order valence-corrected chi connectivity index (χ4v) is 3.67. The van der Waals surface area contributed by atoms with E-state index in [2.05, 4.69) is 0 Å². The molecule has 0 spiro atoms. The van der Waals surface area contributed by atoms with Crippen LogP contribution in [-0.4, -0.2) is 39.5 Å². The molecule has 5 nitrogen and oxygen atoms in total. The lowest BCUT2D eigenvalue weighted by Gasteiger charge is -2.26. The van der Waals surface area contributed by atoms with Gasteiger partial charge >= 0.3 is 0 Å². The Morgan fingerprint density at radius 1 is 1.29 bits per heavy atom. The van der Waals surface area contributed by atoms with Crippen LogP contribution in [0.15, 0.2) is 24.3 Å². The Labute approximate surface area is 126 Å². The summed E-state index contributed by atoms with van der Waals surface area (Å²) in [7, 11) is -1.69. The minimum absolute atomic E-state index is 0.0293. The molecule has 0 aliphatic carbocycles. The van der Waals surface area contributed by atoms with Crippen LogP contribution in [0, 0.1) is 17.2 Å². The summed E-state index contributed by atoms with van der Waals surface area (Å²) in [5.41, 5.74) is 1.24. The van der Waals surface area contributed by atoms with Gasteiger partial charge in [-0.25, -0.2) is 12.7 Å². The van der Waals surface area contributed by atoms with E-state index in [0.29, 0.717) is 36.8 Å². The third-order valence-corrected chi connectivity index (χ3v) is 5.56. The van der Waals surface area contributed by atoms with Crippen LogP contribution in [0.2, 0.25) is 0 Å². The van der Waals surface area contributed by atoms with Crippen molar-refractivity contribution in [2.75, 3.05) is 26.8 Å². The minimum atomic E-state index is -3.32. The molecule has 21 heavy (non-hydrogen) atoms. The Balaban J connectivity index is 1.97. The second-order valence-electron chi connectivity index (χ2n) is 5.40. The van der Waals surface area contributed by atoms with Gasteiger partial charge in [-0.05, 0) is 36.5 Å². The lowest BCUT2D eigenvalue weighted by Crippen LogP contribution is -2.34. The zero-order chi connectivity index (χ0) is 15.3. The summed E-state index contributed by atoms with van der Waals surface area (Å²) in [5, 5.41) is 8.74. The van der Waals surface area contributed by atoms with Crippen LogP contribution in [0.3, 0.4) is 0 Å². The molecule has 0 atom stereocenters. The highest BCUT2D eigenvalue weighted by Gasteiger charge is 2.23. The molecular weight excluding hydrogens is 288 g/mol. The average Bonchev–Trinajstić information content (AvgIpc) is 2.48. The van der Waals surface area contributed by atoms with Gasteiger partial charge in [0.2, 0.25) is 10.0 Å². The van der Waals surface area contributed by atoms with Crippen molar-refractivity contribution in [3.8, 4) is 6.07 Å². The van der Waals surface area contributed by atoms with Crippen LogP contribution >= 0.6 is 0 Å². The Morgan fingerprint density at radius 2 is 1.90 bits per heavy atom. The molecule has 0 radical (unpaired) electrons.